The first-order chi connectivity index (χ1) is 10.8. The molecule has 2 nitrogen and oxygen atoms in total. The summed E-state index contributed by atoms with van der Waals surface area (Å²) in [4.78, 5) is 7.00. The van der Waals surface area contributed by atoms with Crippen LogP contribution < -0.4 is 4.90 Å². The highest BCUT2D eigenvalue weighted by atomic mass is 35.5. The van der Waals surface area contributed by atoms with E-state index in [1.54, 1.807) is 0 Å². The van der Waals surface area contributed by atoms with Crippen molar-refractivity contribution in [1.82, 2.24) is 4.98 Å². The highest BCUT2D eigenvalue weighted by Gasteiger charge is 2.10. The van der Waals surface area contributed by atoms with E-state index < -0.39 is 0 Å². The first-order valence-corrected chi connectivity index (χ1v) is 8.93. The summed E-state index contributed by atoms with van der Waals surface area (Å²) in [5, 5.41) is 1.96. The fraction of sp³-hybridized carbons (Fsp3) is 0.526. The van der Waals surface area contributed by atoms with Crippen LogP contribution in [0.25, 0.3) is 10.9 Å². The molecular formula is C19H27ClN2. The summed E-state index contributed by atoms with van der Waals surface area (Å²) in [6.45, 7) is 6.76. The zero-order valence-corrected chi connectivity index (χ0v) is 14.6. The first-order valence-electron chi connectivity index (χ1n) is 8.55. The predicted octanol–water partition coefficient (Wildman–Crippen LogP) is 6.08. The molecule has 120 valence electrons. The summed E-state index contributed by atoms with van der Waals surface area (Å²) in [5.74, 6) is 0. The number of pyridine rings is 1. The van der Waals surface area contributed by atoms with Crippen molar-refractivity contribution in [3.63, 3.8) is 0 Å². The van der Waals surface area contributed by atoms with Crippen molar-refractivity contribution in [1.29, 1.82) is 0 Å². The molecule has 0 bridgehead atoms. The van der Waals surface area contributed by atoms with Crippen molar-refractivity contribution < 1.29 is 0 Å². The van der Waals surface area contributed by atoms with Crippen LogP contribution >= 0.6 is 11.6 Å². The zero-order chi connectivity index (χ0) is 15.8. The molecular weight excluding hydrogens is 292 g/mol. The molecule has 2 rings (SSSR count). The molecule has 1 aromatic carbocycles. The summed E-state index contributed by atoms with van der Waals surface area (Å²) in [6.07, 6.45) is 9.50. The number of hydrogen-bond acceptors (Lipinski definition) is 2. The second-order valence-electron chi connectivity index (χ2n) is 5.89. The molecule has 0 fully saturated rings. The van der Waals surface area contributed by atoms with Gasteiger partial charge in [0.05, 0.1) is 5.52 Å². The molecule has 1 aromatic heterocycles. The Labute approximate surface area is 139 Å². The molecule has 22 heavy (non-hydrogen) atoms. The first kappa shape index (κ1) is 17.1. The molecule has 0 aliphatic carbocycles. The maximum Gasteiger partial charge on any atom is 0.0737 e. The number of hydrogen-bond donors (Lipinski definition) is 0. The van der Waals surface area contributed by atoms with Crippen molar-refractivity contribution in [2.24, 2.45) is 0 Å². The SMILES string of the molecule is CCCCCN(CCCCC)c1ccnc2cc(Cl)ccc12. The maximum atomic E-state index is 6.10. The van der Waals surface area contributed by atoms with E-state index in [1.165, 1.54) is 49.6 Å². The van der Waals surface area contributed by atoms with Crippen LogP contribution in [0.3, 0.4) is 0 Å². The molecule has 3 heteroatoms. The number of benzene rings is 1. The Kier molecular flexibility index (Phi) is 6.98. The quantitative estimate of drug-likeness (QED) is 0.521. The van der Waals surface area contributed by atoms with Gasteiger partial charge >= 0.3 is 0 Å². The fourth-order valence-corrected chi connectivity index (χ4v) is 3.01. The monoisotopic (exact) mass is 318 g/mol. The van der Waals surface area contributed by atoms with Crippen molar-refractivity contribution in [3.8, 4) is 0 Å². The van der Waals surface area contributed by atoms with Crippen LogP contribution in [0, 0.1) is 0 Å². The lowest BCUT2D eigenvalue weighted by Crippen LogP contribution is -2.26. The number of nitrogens with zero attached hydrogens (tertiary/aromatic N) is 2. The van der Waals surface area contributed by atoms with Gasteiger partial charge in [-0.05, 0) is 37.1 Å². The van der Waals surface area contributed by atoms with Crippen LogP contribution in [0.4, 0.5) is 5.69 Å². The normalized spacial score (nSPS) is 11.0. The standard InChI is InChI=1S/C19H27ClN2/c1-3-5-7-13-22(14-8-6-4-2)19-11-12-21-18-15-16(20)9-10-17(18)19/h9-12,15H,3-8,13-14H2,1-2H3. The van der Waals surface area contributed by atoms with E-state index in [0.29, 0.717) is 0 Å². The summed E-state index contributed by atoms with van der Waals surface area (Å²) in [6, 6.07) is 8.17. The Morgan fingerprint density at radius 2 is 1.64 bits per heavy atom. The molecule has 0 saturated heterocycles. The molecule has 0 atom stereocenters. The minimum atomic E-state index is 0.751. The average Bonchev–Trinajstić information content (AvgIpc) is 2.53. The van der Waals surface area contributed by atoms with Gasteiger partial charge in [0.2, 0.25) is 0 Å². The number of rotatable bonds is 9. The Morgan fingerprint density at radius 3 is 2.27 bits per heavy atom. The summed E-state index contributed by atoms with van der Waals surface area (Å²) >= 11 is 6.10. The van der Waals surface area contributed by atoms with Crippen LogP contribution in [0.1, 0.15) is 52.4 Å². The van der Waals surface area contributed by atoms with Gasteiger partial charge in [-0.25, -0.2) is 0 Å². The highest BCUT2D eigenvalue weighted by molar-refractivity contribution is 6.31. The van der Waals surface area contributed by atoms with E-state index in [1.807, 2.05) is 18.3 Å². The van der Waals surface area contributed by atoms with E-state index in [-0.39, 0.29) is 0 Å². The Bertz CT molecular complexity index is 573. The van der Waals surface area contributed by atoms with Crippen molar-refractivity contribution >= 4 is 28.2 Å². The second kappa shape index (κ2) is 8.99. The highest BCUT2D eigenvalue weighted by Crippen LogP contribution is 2.28. The molecule has 0 aliphatic heterocycles. The molecule has 0 spiro atoms. The van der Waals surface area contributed by atoms with Crippen molar-refractivity contribution in [3.05, 3.63) is 35.5 Å². The second-order valence-corrected chi connectivity index (χ2v) is 6.33. The Balaban J connectivity index is 2.24. The topological polar surface area (TPSA) is 16.1 Å². The van der Waals surface area contributed by atoms with E-state index >= 15 is 0 Å². The maximum absolute atomic E-state index is 6.10. The number of fused-ring (bicyclic) bond motifs is 1. The molecule has 0 N–H and O–H groups in total. The largest absolute Gasteiger partial charge is 0.371 e. The molecule has 0 amide bonds. The molecule has 0 radical (unpaired) electrons. The molecule has 0 unspecified atom stereocenters. The third kappa shape index (κ3) is 4.61. The number of halogens is 1. The smallest absolute Gasteiger partial charge is 0.0737 e. The van der Waals surface area contributed by atoms with Gasteiger partial charge in [-0.15, -0.1) is 0 Å². The Morgan fingerprint density at radius 1 is 0.955 bits per heavy atom. The molecule has 1 heterocycles. The lowest BCUT2D eigenvalue weighted by molar-refractivity contribution is 0.637. The van der Waals surface area contributed by atoms with Crippen LogP contribution in [-0.2, 0) is 0 Å². The fourth-order valence-electron chi connectivity index (χ4n) is 2.84. The minimum Gasteiger partial charge on any atom is -0.371 e. The lowest BCUT2D eigenvalue weighted by Gasteiger charge is -2.26. The van der Waals surface area contributed by atoms with E-state index in [2.05, 4.69) is 35.9 Å². The van der Waals surface area contributed by atoms with Gasteiger partial charge in [-0.3, -0.25) is 4.98 Å². The zero-order valence-electron chi connectivity index (χ0n) is 13.8. The van der Waals surface area contributed by atoms with Gasteiger partial charge in [-0.1, -0.05) is 51.1 Å². The van der Waals surface area contributed by atoms with Crippen LogP contribution in [0.5, 0.6) is 0 Å². The van der Waals surface area contributed by atoms with Gasteiger partial charge < -0.3 is 4.90 Å². The van der Waals surface area contributed by atoms with Gasteiger partial charge in [-0.2, -0.15) is 0 Å². The van der Waals surface area contributed by atoms with E-state index in [0.717, 1.165) is 23.6 Å². The third-order valence-corrected chi connectivity index (χ3v) is 4.32. The van der Waals surface area contributed by atoms with Crippen molar-refractivity contribution in [2.45, 2.75) is 52.4 Å². The third-order valence-electron chi connectivity index (χ3n) is 4.09. The van der Waals surface area contributed by atoms with Gasteiger partial charge in [0.15, 0.2) is 0 Å². The molecule has 2 aromatic rings. The predicted molar refractivity (Wildman–Crippen MR) is 98.0 cm³/mol. The number of unbranched alkanes of at least 4 members (excludes halogenated alkanes) is 4. The minimum absolute atomic E-state index is 0.751. The van der Waals surface area contributed by atoms with Crippen molar-refractivity contribution in [2.75, 3.05) is 18.0 Å². The number of aromatic nitrogens is 1. The van der Waals surface area contributed by atoms with Crippen LogP contribution in [0.15, 0.2) is 30.5 Å². The van der Waals surface area contributed by atoms with E-state index in [4.69, 9.17) is 11.6 Å². The molecule has 0 saturated carbocycles. The average molecular weight is 319 g/mol. The van der Waals surface area contributed by atoms with Crippen LogP contribution in [0.2, 0.25) is 5.02 Å². The van der Waals surface area contributed by atoms with E-state index in [9.17, 15) is 0 Å². The Hall–Kier alpha value is -1.28. The summed E-state index contributed by atoms with van der Waals surface area (Å²) in [5.41, 5.74) is 2.29. The molecule has 0 aliphatic rings. The summed E-state index contributed by atoms with van der Waals surface area (Å²) in [7, 11) is 0. The lowest BCUT2D eigenvalue weighted by atomic mass is 10.1. The number of anilines is 1. The van der Waals surface area contributed by atoms with Gasteiger partial charge in [0.25, 0.3) is 0 Å². The summed E-state index contributed by atoms with van der Waals surface area (Å²) < 4.78 is 0. The van der Waals surface area contributed by atoms with Gasteiger partial charge in [0.1, 0.15) is 0 Å². The van der Waals surface area contributed by atoms with Crippen LogP contribution in [-0.4, -0.2) is 18.1 Å². The van der Waals surface area contributed by atoms with Gasteiger partial charge in [0, 0.05) is 35.4 Å².